The van der Waals surface area contributed by atoms with E-state index >= 15 is 4.39 Å². The van der Waals surface area contributed by atoms with E-state index in [4.69, 9.17) is 10.5 Å². The first-order valence-electron chi connectivity index (χ1n) is 9.53. The summed E-state index contributed by atoms with van der Waals surface area (Å²) in [5, 5.41) is 9.15. The normalized spacial score (nSPS) is 28.2. The van der Waals surface area contributed by atoms with Crippen LogP contribution in [0, 0.1) is 11.7 Å². The largest absolute Gasteiger partial charge is 0.492 e. The highest BCUT2D eigenvalue weighted by atomic mass is 19.1. The summed E-state index contributed by atoms with van der Waals surface area (Å²) in [4.78, 5) is 25.8. The number of benzene rings is 1. The molecule has 4 atom stereocenters. The fourth-order valence-corrected chi connectivity index (χ4v) is 4.26. The number of carboxylic acid groups (broad SMARTS) is 1. The van der Waals surface area contributed by atoms with Crippen molar-refractivity contribution >= 4 is 22.6 Å². The van der Waals surface area contributed by atoms with Crippen LogP contribution in [0.15, 0.2) is 17.1 Å². The van der Waals surface area contributed by atoms with Gasteiger partial charge >= 0.3 is 5.97 Å². The highest BCUT2D eigenvalue weighted by Crippen LogP contribution is 2.46. The minimum atomic E-state index is -1.49. The number of ether oxygens (including phenoxy) is 1. The van der Waals surface area contributed by atoms with Gasteiger partial charge in [-0.1, -0.05) is 0 Å². The summed E-state index contributed by atoms with van der Waals surface area (Å²) in [5.74, 6) is -2.88. The average molecular weight is 425 g/mol. The molecule has 0 bridgehead atoms. The van der Waals surface area contributed by atoms with Crippen molar-refractivity contribution < 1.29 is 27.8 Å². The van der Waals surface area contributed by atoms with Crippen molar-refractivity contribution in [3.05, 3.63) is 33.9 Å². The van der Waals surface area contributed by atoms with Crippen molar-refractivity contribution in [2.45, 2.75) is 31.1 Å². The standard InChI is InChI=1S/C20H22F3N3O4/c1-20(24)8-25(6-9(20)5-21)16-13(23)3-10-15(18(16)30-2)26(14-4-12(14)22)7-11(17(10)27)19(28)29/h3,7,9,12,14H,4-6,8,24H2,1-2H3,(H,28,29)/t9-,12+,14-,20+/m1/s1. The summed E-state index contributed by atoms with van der Waals surface area (Å²) in [7, 11) is 1.28. The smallest absolute Gasteiger partial charge is 0.341 e. The van der Waals surface area contributed by atoms with E-state index < -0.39 is 53.1 Å². The molecule has 2 heterocycles. The van der Waals surface area contributed by atoms with E-state index in [1.165, 1.54) is 11.7 Å². The van der Waals surface area contributed by atoms with E-state index in [1.807, 2.05) is 0 Å². The molecule has 30 heavy (non-hydrogen) atoms. The first-order chi connectivity index (χ1) is 14.1. The van der Waals surface area contributed by atoms with Gasteiger partial charge in [0, 0.05) is 37.2 Å². The number of pyridine rings is 1. The van der Waals surface area contributed by atoms with Gasteiger partial charge < -0.3 is 25.0 Å². The van der Waals surface area contributed by atoms with Gasteiger partial charge in [0.2, 0.25) is 5.43 Å². The zero-order valence-corrected chi connectivity index (χ0v) is 16.5. The number of methoxy groups -OCH3 is 1. The minimum Gasteiger partial charge on any atom is -0.492 e. The van der Waals surface area contributed by atoms with E-state index in [-0.39, 0.29) is 41.9 Å². The molecule has 0 amide bonds. The second-order valence-electron chi connectivity index (χ2n) is 8.28. The van der Waals surface area contributed by atoms with Gasteiger partial charge in [-0.25, -0.2) is 13.6 Å². The van der Waals surface area contributed by atoms with Gasteiger partial charge in [-0.3, -0.25) is 9.18 Å². The predicted molar refractivity (Wildman–Crippen MR) is 104 cm³/mol. The summed E-state index contributed by atoms with van der Waals surface area (Å²) < 4.78 is 49.3. The van der Waals surface area contributed by atoms with Crippen LogP contribution in [0.1, 0.15) is 29.7 Å². The lowest BCUT2D eigenvalue weighted by Gasteiger charge is -2.26. The maximum Gasteiger partial charge on any atom is 0.341 e. The Bertz CT molecular complexity index is 1100. The molecule has 4 rings (SSSR count). The summed E-state index contributed by atoms with van der Waals surface area (Å²) in [6, 6.07) is 0.250. The fraction of sp³-hybridized carbons (Fsp3) is 0.500. The van der Waals surface area contributed by atoms with E-state index in [9.17, 15) is 23.5 Å². The monoisotopic (exact) mass is 425 g/mol. The molecule has 1 aromatic carbocycles. The maximum atomic E-state index is 15.2. The van der Waals surface area contributed by atoms with Gasteiger partial charge in [-0.15, -0.1) is 0 Å². The highest BCUT2D eigenvalue weighted by Gasteiger charge is 2.44. The number of halogens is 3. The van der Waals surface area contributed by atoms with E-state index in [0.29, 0.717) is 0 Å². The second-order valence-corrected chi connectivity index (χ2v) is 8.28. The van der Waals surface area contributed by atoms with E-state index in [0.717, 1.165) is 12.3 Å². The van der Waals surface area contributed by atoms with Crippen LogP contribution < -0.4 is 20.8 Å². The van der Waals surface area contributed by atoms with Gasteiger partial charge in [0.15, 0.2) is 11.6 Å². The molecular weight excluding hydrogens is 403 g/mol. The Morgan fingerprint density at radius 1 is 1.47 bits per heavy atom. The predicted octanol–water partition coefficient (Wildman–Crippen LogP) is 2.25. The average Bonchev–Trinajstić information content (AvgIpc) is 3.31. The third kappa shape index (κ3) is 3.01. The SMILES string of the molecule is COc1c(N2C[C@@H](CF)[C@@](C)(N)C2)c(F)cc2c(=O)c(C(=O)O)cn([C@@H]3C[C@@H]3F)c12. The van der Waals surface area contributed by atoms with Crippen LogP contribution in [0.25, 0.3) is 10.9 Å². The Kier molecular flexibility index (Phi) is 4.72. The van der Waals surface area contributed by atoms with Gasteiger partial charge in [-0.2, -0.15) is 0 Å². The molecule has 0 spiro atoms. The van der Waals surface area contributed by atoms with Crippen LogP contribution in [-0.4, -0.2) is 54.2 Å². The fourth-order valence-electron chi connectivity index (χ4n) is 4.26. The first-order valence-corrected chi connectivity index (χ1v) is 9.53. The number of rotatable bonds is 5. The third-order valence-electron chi connectivity index (χ3n) is 6.08. The third-order valence-corrected chi connectivity index (χ3v) is 6.08. The molecule has 7 nitrogen and oxygen atoms in total. The Balaban J connectivity index is 2.01. The number of hydrogen-bond acceptors (Lipinski definition) is 5. The summed E-state index contributed by atoms with van der Waals surface area (Å²) in [6.45, 7) is 1.27. The zero-order chi connectivity index (χ0) is 22.0. The number of anilines is 1. The molecule has 1 saturated heterocycles. The summed E-state index contributed by atoms with van der Waals surface area (Å²) in [5.41, 5.74) is 3.91. The second kappa shape index (κ2) is 6.90. The maximum absolute atomic E-state index is 15.2. The lowest BCUT2D eigenvalue weighted by molar-refractivity contribution is 0.0694. The molecule has 1 saturated carbocycles. The number of aromatic nitrogens is 1. The van der Waals surface area contributed by atoms with E-state index in [2.05, 4.69) is 0 Å². The number of nitrogens with two attached hydrogens (primary N) is 1. The number of nitrogens with zero attached hydrogens (tertiary/aromatic N) is 2. The Morgan fingerprint density at radius 3 is 2.63 bits per heavy atom. The molecule has 1 aliphatic carbocycles. The molecule has 2 fully saturated rings. The van der Waals surface area contributed by atoms with Crippen LogP contribution >= 0.6 is 0 Å². The molecule has 162 valence electrons. The molecule has 10 heteroatoms. The van der Waals surface area contributed by atoms with Gasteiger partial charge in [0.1, 0.15) is 17.4 Å². The van der Waals surface area contributed by atoms with Gasteiger partial charge in [0.25, 0.3) is 0 Å². The molecule has 1 aromatic heterocycles. The van der Waals surface area contributed by atoms with Crippen LogP contribution in [0.2, 0.25) is 0 Å². The van der Waals surface area contributed by atoms with Gasteiger partial charge in [0.05, 0.1) is 30.7 Å². The van der Waals surface area contributed by atoms with Crippen LogP contribution in [0.3, 0.4) is 0 Å². The topological polar surface area (TPSA) is 97.8 Å². The lowest BCUT2D eigenvalue weighted by Crippen LogP contribution is -2.45. The van der Waals surface area contributed by atoms with Crippen molar-refractivity contribution in [3.8, 4) is 5.75 Å². The number of hydrogen-bond donors (Lipinski definition) is 2. The quantitative estimate of drug-likeness (QED) is 0.763. The van der Waals surface area contributed by atoms with Crippen LogP contribution in [0.4, 0.5) is 18.9 Å². The molecule has 2 aliphatic rings. The number of carbonyl (C=O) groups is 1. The number of carboxylic acids is 1. The summed E-state index contributed by atoms with van der Waals surface area (Å²) >= 11 is 0. The van der Waals surface area contributed by atoms with Crippen molar-refractivity contribution in [2.24, 2.45) is 11.7 Å². The molecule has 0 radical (unpaired) electrons. The lowest BCUT2D eigenvalue weighted by atomic mass is 9.92. The van der Waals surface area contributed by atoms with Crippen molar-refractivity contribution in [3.63, 3.8) is 0 Å². The van der Waals surface area contributed by atoms with Crippen molar-refractivity contribution in [2.75, 3.05) is 31.8 Å². The van der Waals surface area contributed by atoms with E-state index in [1.54, 1.807) is 11.8 Å². The molecule has 0 unspecified atom stereocenters. The summed E-state index contributed by atoms with van der Waals surface area (Å²) in [6.07, 6.45) is -0.00449. The Labute approximate surface area is 169 Å². The molecule has 3 N–H and O–H groups in total. The van der Waals surface area contributed by atoms with Gasteiger partial charge in [-0.05, 0) is 13.0 Å². The molecule has 2 aromatic rings. The van der Waals surface area contributed by atoms with Crippen molar-refractivity contribution in [1.29, 1.82) is 0 Å². The van der Waals surface area contributed by atoms with Crippen LogP contribution in [0.5, 0.6) is 5.75 Å². The zero-order valence-electron chi connectivity index (χ0n) is 16.5. The Hall–Kier alpha value is -2.75. The molecule has 1 aliphatic heterocycles. The molecular formula is C20H22F3N3O4. The minimum absolute atomic E-state index is 0.00934. The highest BCUT2D eigenvalue weighted by molar-refractivity contribution is 5.97. The first kappa shape index (κ1) is 20.5. The number of fused-ring (bicyclic) bond motifs is 1. The Morgan fingerprint density at radius 2 is 2.13 bits per heavy atom. The number of aromatic carboxylic acids is 1. The van der Waals surface area contributed by atoms with Crippen molar-refractivity contribution in [1.82, 2.24) is 4.57 Å². The number of alkyl halides is 2. The van der Waals surface area contributed by atoms with Crippen LogP contribution in [-0.2, 0) is 0 Å².